The molecule has 0 spiro atoms. The lowest BCUT2D eigenvalue weighted by molar-refractivity contribution is -0.132. The molecule has 1 amide bonds. The highest BCUT2D eigenvalue weighted by Gasteiger charge is 2.34. The summed E-state index contributed by atoms with van der Waals surface area (Å²) in [5.41, 5.74) is 0. The zero-order valence-electron chi connectivity index (χ0n) is 7.49. The molecule has 1 aliphatic heterocycles. The molecule has 5 heteroatoms. The minimum Gasteiger partial charge on any atom is -0.341 e. The van der Waals surface area contributed by atoms with Gasteiger partial charge < -0.3 is 4.90 Å². The lowest BCUT2D eigenvalue weighted by atomic mass is 10.3. The van der Waals surface area contributed by atoms with E-state index in [0.717, 1.165) is 12.8 Å². The van der Waals surface area contributed by atoms with Crippen LogP contribution in [0.25, 0.3) is 0 Å². The highest BCUT2D eigenvalue weighted by Crippen LogP contribution is 2.31. The van der Waals surface area contributed by atoms with Gasteiger partial charge in [0.15, 0.2) is 0 Å². The highest BCUT2D eigenvalue weighted by atomic mass is 32.2. The molecule has 0 aromatic carbocycles. The fourth-order valence-electron chi connectivity index (χ4n) is 1.54. The molecule has 2 aliphatic rings. The average Bonchev–Trinajstić information content (AvgIpc) is 2.85. The van der Waals surface area contributed by atoms with Gasteiger partial charge in [0, 0.05) is 40.2 Å². The van der Waals surface area contributed by atoms with Crippen molar-refractivity contribution in [2.45, 2.75) is 12.8 Å². The molecule has 0 aromatic rings. The summed E-state index contributed by atoms with van der Waals surface area (Å²) in [6.45, 7) is 1.05. The third kappa shape index (κ3) is 2.02. The Kier molecular flexibility index (Phi) is 2.06. The molecule has 1 N–H and O–H groups in total. The first kappa shape index (κ1) is 8.99. The topological polar surface area (TPSA) is 61.2 Å². The van der Waals surface area contributed by atoms with Crippen LogP contribution >= 0.6 is 0 Å². The van der Waals surface area contributed by atoms with Crippen LogP contribution in [0, 0.1) is 10.7 Å². The number of carbonyl (C=O) groups is 1. The predicted octanol–water partition coefficient (Wildman–Crippen LogP) is 0.285. The number of hydrogen-bond acceptors (Lipinski definition) is 3. The quantitative estimate of drug-likeness (QED) is 0.664. The van der Waals surface area contributed by atoms with Crippen molar-refractivity contribution < 1.29 is 9.00 Å². The molecule has 1 saturated heterocycles. The van der Waals surface area contributed by atoms with Crippen LogP contribution in [0.5, 0.6) is 0 Å². The first-order valence-electron chi connectivity index (χ1n) is 4.61. The molecule has 13 heavy (non-hydrogen) atoms. The molecule has 1 aliphatic carbocycles. The van der Waals surface area contributed by atoms with Gasteiger partial charge in [0.25, 0.3) is 0 Å². The second-order valence-electron chi connectivity index (χ2n) is 3.82. The summed E-state index contributed by atoms with van der Waals surface area (Å²) >= 11 is 0. The summed E-state index contributed by atoms with van der Waals surface area (Å²) in [4.78, 5) is 13.3. The monoisotopic (exact) mass is 202 g/mol. The summed E-state index contributed by atoms with van der Waals surface area (Å²) in [5.74, 6) is 1.20. The molecular formula is C8H14N2O2S. The predicted molar refractivity (Wildman–Crippen MR) is 49.9 cm³/mol. The molecule has 1 heterocycles. The Morgan fingerprint density at radius 2 is 1.85 bits per heavy atom. The smallest absolute Gasteiger partial charge is 0.225 e. The van der Waals surface area contributed by atoms with Crippen molar-refractivity contribution in [2.75, 3.05) is 24.6 Å². The maximum absolute atomic E-state index is 11.5. The van der Waals surface area contributed by atoms with E-state index in [4.69, 9.17) is 4.78 Å². The number of hydrogen-bond donors (Lipinski definition) is 1. The van der Waals surface area contributed by atoms with Crippen LogP contribution in [0.4, 0.5) is 0 Å². The molecular weight excluding hydrogens is 188 g/mol. The summed E-state index contributed by atoms with van der Waals surface area (Å²) in [6.07, 6.45) is 2.04. The molecule has 0 atom stereocenters. The highest BCUT2D eigenvalue weighted by molar-refractivity contribution is 7.92. The van der Waals surface area contributed by atoms with Gasteiger partial charge in [-0.3, -0.25) is 9.57 Å². The second-order valence-corrected chi connectivity index (χ2v) is 6.26. The Bertz CT molecular complexity index is 305. The van der Waals surface area contributed by atoms with Crippen molar-refractivity contribution >= 4 is 15.6 Å². The van der Waals surface area contributed by atoms with Gasteiger partial charge in [0.05, 0.1) is 0 Å². The fourth-order valence-corrected chi connectivity index (χ4v) is 2.77. The summed E-state index contributed by atoms with van der Waals surface area (Å²) in [6, 6.07) is 0. The van der Waals surface area contributed by atoms with Gasteiger partial charge in [-0.25, -0.2) is 4.21 Å². The van der Waals surface area contributed by atoms with Crippen LogP contribution in [-0.2, 0) is 14.5 Å². The van der Waals surface area contributed by atoms with Crippen LogP contribution in [-0.4, -0.2) is 39.6 Å². The molecule has 0 radical (unpaired) electrons. The number of rotatable bonds is 1. The van der Waals surface area contributed by atoms with Gasteiger partial charge in [-0.2, -0.15) is 0 Å². The van der Waals surface area contributed by atoms with E-state index >= 15 is 0 Å². The van der Waals surface area contributed by atoms with Crippen molar-refractivity contribution in [1.29, 1.82) is 4.78 Å². The van der Waals surface area contributed by atoms with Gasteiger partial charge in [0.1, 0.15) is 0 Å². The minimum atomic E-state index is -2.35. The van der Waals surface area contributed by atoms with Crippen molar-refractivity contribution in [3.8, 4) is 0 Å². The van der Waals surface area contributed by atoms with E-state index in [-0.39, 0.29) is 11.8 Å². The Balaban J connectivity index is 1.94. The molecule has 74 valence electrons. The number of amides is 1. The van der Waals surface area contributed by atoms with Crippen LogP contribution in [0.1, 0.15) is 12.8 Å². The van der Waals surface area contributed by atoms with E-state index < -0.39 is 9.73 Å². The maximum atomic E-state index is 11.5. The SMILES string of the molecule is N=S1(=O)CCN(C(=O)C2CC2)CC1. The lowest BCUT2D eigenvalue weighted by Gasteiger charge is -2.28. The van der Waals surface area contributed by atoms with Crippen LogP contribution in [0.15, 0.2) is 0 Å². The minimum absolute atomic E-state index is 0.218. The number of nitrogens with zero attached hydrogens (tertiary/aromatic N) is 1. The van der Waals surface area contributed by atoms with E-state index in [1.165, 1.54) is 0 Å². The largest absolute Gasteiger partial charge is 0.341 e. The van der Waals surface area contributed by atoms with Crippen molar-refractivity contribution in [3.05, 3.63) is 0 Å². The third-order valence-electron chi connectivity index (χ3n) is 2.62. The number of carbonyl (C=O) groups excluding carboxylic acids is 1. The molecule has 0 bridgehead atoms. The van der Waals surface area contributed by atoms with Gasteiger partial charge in [-0.05, 0) is 12.8 Å². The zero-order chi connectivity index (χ0) is 9.47. The molecule has 0 aromatic heterocycles. The molecule has 2 rings (SSSR count). The first-order chi connectivity index (χ1) is 6.08. The van der Waals surface area contributed by atoms with E-state index in [2.05, 4.69) is 0 Å². The standard InChI is InChI=1S/C8H14N2O2S/c9-13(12)5-3-10(4-6-13)8(11)7-1-2-7/h7,9H,1-6H2. The molecule has 4 nitrogen and oxygen atoms in total. The average molecular weight is 202 g/mol. The Morgan fingerprint density at radius 1 is 1.31 bits per heavy atom. The van der Waals surface area contributed by atoms with E-state index in [1.54, 1.807) is 4.90 Å². The third-order valence-corrected chi connectivity index (χ3v) is 4.30. The molecule has 0 unspecified atom stereocenters. The van der Waals surface area contributed by atoms with E-state index in [1.807, 2.05) is 0 Å². The maximum Gasteiger partial charge on any atom is 0.225 e. The summed E-state index contributed by atoms with van der Waals surface area (Å²) < 4.78 is 18.7. The Morgan fingerprint density at radius 3 is 2.31 bits per heavy atom. The van der Waals surface area contributed by atoms with Crippen molar-refractivity contribution in [3.63, 3.8) is 0 Å². The Labute approximate surface area is 78.3 Å². The number of nitrogens with one attached hydrogen (secondary N) is 1. The van der Waals surface area contributed by atoms with Gasteiger partial charge in [-0.1, -0.05) is 0 Å². The van der Waals surface area contributed by atoms with E-state index in [0.29, 0.717) is 24.6 Å². The fraction of sp³-hybridized carbons (Fsp3) is 0.875. The Hall–Kier alpha value is -0.580. The first-order valence-corrected chi connectivity index (χ1v) is 6.51. The normalized spacial score (nSPS) is 27.2. The molecule has 1 saturated carbocycles. The molecule has 2 fully saturated rings. The van der Waals surface area contributed by atoms with Crippen LogP contribution < -0.4 is 0 Å². The van der Waals surface area contributed by atoms with Gasteiger partial charge in [0.2, 0.25) is 5.91 Å². The van der Waals surface area contributed by atoms with Crippen molar-refractivity contribution in [1.82, 2.24) is 4.90 Å². The van der Waals surface area contributed by atoms with E-state index in [9.17, 15) is 9.00 Å². The zero-order valence-corrected chi connectivity index (χ0v) is 8.31. The summed E-state index contributed by atoms with van der Waals surface area (Å²) in [7, 11) is -2.35. The van der Waals surface area contributed by atoms with Gasteiger partial charge >= 0.3 is 0 Å². The van der Waals surface area contributed by atoms with Crippen LogP contribution in [0.2, 0.25) is 0 Å². The summed E-state index contributed by atoms with van der Waals surface area (Å²) in [5, 5.41) is 0. The lowest BCUT2D eigenvalue weighted by Crippen LogP contribution is -2.44. The van der Waals surface area contributed by atoms with Crippen LogP contribution in [0.3, 0.4) is 0 Å². The van der Waals surface area contributed by atoms with Gasteiger partial charge in [-0.15, -0.1) is 0 Å². The van der Waals surface area contributed by atoms with Crippen molar-refractivity contribution in [2.24, 2.45) is 5.92 Å². The second kappa shape index (κ2) is 2.97.